The molecule has 0 spiro atoms. The summed E-state index contributed by atoms with van der Waals surface area (Å²) in [6.45, 7) is 0. The highest BCUT2D eigenvalue weighted by Crippen LogP contribution is 2.26. The minimum atomic E-state index is 0.0692. The molecule has 3 aromatic rings. The lowest BCUT2D eigenvalue weighted by molar-refractivity contribution is 0.415. The van der Waals surface area contributed by atoms with E-state index in [9.17, 15) is 5.11 Å². The van der Waals surface area contributed by atoms with Gasteiger partial charge in [-0.15, -0.1) is 0 Å². The highest BCUT2D eigenvalue weighted by molar-refractivity contribution is 5.77. The van der Waals surface area contributed by atoms with E-state index < -0.39 is 0 Å². The van der Waals surface area contributed by atoms with Crippen LogP contribution in [0.15, 0.2) is 42.7 Å². The molecule has 0 amide bonds. The van der Waals surface area contributed by atoms with Crippen LogP contribution >= 0.6 is 0 Å². The van der Waals surface area contributed by atoms with Crippen molar-refractivity contribution in [1.29, 1.82) is 0 Å². The fraction of sp³-hybridized carbons (Fsp3) is 0.0769. The van der Waals surface area contributed by atoms with E-state index in [1.165, 1.54) is 10.6 Å². The Bertz CT molecular complexity index is 689. The van der Waals surface area contributed by atoms with Crippen molar-refractivity contribution in [3.05, 3.63) is 42.7 Å². The average Bonchev–Trinajstić information content (AvgIpc) is 2.84. The number of hydrogen-bond donors (Lipinski definition) is 1. The summed E-state index contributed by atoms with van der Waals surface area (Å²) >= 11 is 0. The second-order valence-electron chi connectivity index (χ2n) is 3.83. The Balaban J connectivity index is 2.16. The molecule has 0 aliphatic rings. The molecule has 3 rings (SSSR count). The topological polar surface area (TPSA) is 59.7 Å². The molecular weight excluding hydrogens is 230 g/mol. The number of ether oxygens (including phenoxy) is 1. The molecule has 18 heavy (non-hydrogen) atoms. The number of benzene rings is 1. The maximum Gasteiger partial charge on any atom is 0.215 e. The van der Waals surface area contributed by atoms with Gasteiger partial charge in [-0.05, 0) is 17.7 Å². The first-order chi connectivity index (χ1) is 8.79. The zero-order chi connectivity index (χ0) is 12.5. The molecule has 0 unspecified atom stereocenters. The standard InChI is InChI=1S/C13H11N3O2/c1-18-10-4-2-9(3-5-10)11-8-15-16-12(17)6-7-14-13(11)16/h2-8,17H,1H3. The molecule has 0 bridgehead atoms. The van der Waals surface area contributed by atoms with Gasteiger partial charge in [-0.1, -0.05) is 12.1 Å². The van der Waals surface area contributed by atoms with Crippen molar-refractivity contribution in [1.82, 2.24) is 14.6 Å². The summed E-state index contributed by atoms with van der Waals surface area (Å²) in [4.78, 5) is 4.23. The van der Waals surface area contributed by atoms with Gasteiger partial charge in [0.25, 0.3) is 0 Å². The predicted molar refractivity (Wildman–Crippen MR) is 66.6 cm³/mol. The van der Waals surface area contributed by atoms with Crippen LogP contribution in [0.25, 0.3) is 16.8 Å². The molecule has 0 aliphatic carbocycles. The van der Waals surface area contributed by atoms with Gasteiger partial charge in [0.15, 0.2) is 5.65 Å². The van der Waals surface area contributed by atoms with Crippen LogP contribution in [0.3, 0.4) is 0 Å². The summed E-state index contributed by atoms with van der Waals surface area (Å²) < 4.78 is 6.52. The zero-order valence-electron chi connectivity index (χ0n) is 9.74. The largest absolute Gasteiger partial charge is 0.497 e. The van der Waals surface area contributed by atoms with Crippen molar-refractivity contribution in [3.8, 4) is 22.8 Å². The number of nitrogens with zero attached hydrogens (tertiary/aromatic N) is 3. The van der Waals surface area contributed by atoms with E-state index in [1.807, 2.05) is 24.3 Å². The highest BCUT2D eigenvalue weighted by Gasteiger charge is 2.09. The van der Waals surface area contributed by atoms with Gasteiger partial charge in [0, 0.05) is 17.8 Å². The van der Waals surface area contributed by atoms with E-state index in [-0.39, 0.29) is 5.88 Å². The van der Waals surface area contributed by atoms with Crippen LogP contribution in [0, 0.1) is 0 Å². The number of aromatic hydroxyl groups is 1. The molecule has 0 saturated heterocycles. The van der Waals surface area contributed by atoms with Gasteiger partial charge in [0.1, 0.15) is 5.75 Å². The number of hydrogen-bond acceptors (Lipinski definition) is 4. The van der Waals surface area contributed by atoms with Gasteiger partial charge in [0.05, 0.1) is 13.3 Å². The Hall–Kier alpha value is -2.56. The predicted octanol–water partition coefficient (Wildman–Crippen LogP) is 2.11. The number of fused-ring (bicyclic) bond motifs is 1. The van der Waals surface area contributed by atoms with Gasteiger partial charge in [0.2, 0.25) is 5.88 Å². The summed E-state index contributed by atoms with van der Waals surface area (Å²) in [6, 6.07) is 9.12. The van der Waals surface area contributed by atoms with Crippen molar-refractivity contribution >= 4 is 5.65 Å². The fourth-order valence-corrected chi connectivity index (χ4v) is 1.85. The van der Waals surface area contributed by atoms with Gasteiger partial charge in [-0.25, -0.2) is 4.98 Å². The summed E-state index contributed by atoms with van der Waals surface area (Å²) in [5, 5.41) is 13.8. The van der Waals surface area contributed by atoms with E-state index in [1.54, 1.807) is 19.5 Å². The lowest BCUT2D eigenvalue weighted by Crippen LogP contribution is -1.90. The van der Waals surface area contributed by atoms with E-state index in [0.717, 1.165) is 16.9 Å². The minimum absolute atomic E-state index is 0.0692. The average molecular weight is 241 g/mol. The number of methoxy groups -OCH3 is 1. The van der Waals surface area contributed by atoms with E-state index >= 15 is 0 Å². The third kappa shape index (κ3) is 1.57. The summed E-state index contributed by atoms with van der Waals surface area (Å²) in [6.07, 6.45) is 3.24. The van der Waals surface area contributed by atoms with Crippen LogP contribution in [0.2, 0.25) is 0 Å². The van der Waals surface area contributed by atoms with E-state index in [2.05, 4.69) is 10.1 Å². The quantitative estimate of drug-likeness (QED) is 0.746. The maximum atomic E-state index is 9.65. The van der Waals surface area contributed by atoms with Crippen LogP contribution in [-0.4, -0.2) is 26.8 Å². The molecule has 2 heterocycles. The molecule has 0 saturated carbocycles. The Morgan fingerprint density at radius 3 is 2.67 bits per heavy atom. The van der Waals surface area contributed by atoms with Crippen molar-refractivity contribution in [2.24, 2.45) is 0 Å². The lowest BCUT2D eigenvalue weighted by atomic mass is 10.1. The van der Waals surface area contributed by atoms with Crippen molar-refractivity contribution < 1.29 is 9.84 Å². The number of aromatic nitrogens is 3. The van der Waals surface area contributed by atoms with Gasteiger partial charge in [-0.3, -0.25) is 0 Å². The van der Waals surface area contributed by atoms with Crippen LogP contribution in [0.4, 0.5) is 0 Å². The molecule has 2 aromatic heterocycles. The fourth-order valence-electron chi connectivity index (χ4n) is 1.85. The smallest absolute Gasteiger partial charge is 0.215 e. The Morgan fingerprint density at radius 2 is 1.94 bits per heavy atom. The molecule has 0 fully saturated rings. The molecule has 5 heteroatoms. The van der Waals surface area contributed by atoms with Crippen LogP contribution in [0.1, 0.15) is 0 Å². The third-order valence-corrected chi connectivity index (χ3v) is 2.78. The summed E-state index contributed by atoms with van der Waals surface area (Å²) in [5.41, 5.74) is 2.47. The summed E-state index contributed by atoms with van der Waals surface area (Å²) in [7, 11) is 1.63. The molecule has 0 radical (unpaired) electrons. The molecule has 0 aliphatic heterocycles. The van der Waals surface area contributed by atoms with E-state index in [4.69, 9.17) is 4.74 Å². The first-order valence-corrected chi connectivity index (χ1v) is 5.46. The minimum Gasteiger partial charge on any atom is -0.497 e. The van der Waals surface area contributed by atoms with Gasteiger partial charge >= 0.3 is 0 Å². The summed E-state index contributed by atoms with van der Waals surface area (Å²) in [5.74, 6) is 0.866. The second-order valence-corrected chi connectivity index (χ2v) is 3.83. The van der Waals surface area contributed by atoms with Gasteiger partial charge < -0.3 is 9.84 Å². The van der Waals surface area contributed by atoms with Crippen LogP contribution < -0.4 is 4.74 Å². The highest BCUT2D eigenvalue weighted by atomic mass is 16.5. The van der Waals surface area contributed by atoms with Crippen molar-refractivity contribution in [3.63, 3.8) is 0 Å². The van der Waals surface area contributed by atoms with E-state index in [0.29, 0.717) is 5.65 Å². The zero-order valence-corrected chi connectivity index (χ0v) is 9.74. The molecular formula is C13H11N3O2. The van der Waals surface area contributed by atoms with Crippen LogP contribution in [0.5, 0.6) is 11.6 Å². The molecule has 1 aromatic carbocycles. The Labute approximate surface area is 103 Å². The normalized spacial score (nSPS) is 10.7. The Kier molecular flexibility index (Phi) is 2.37. The molecule has 90 valence electrons. The SMILES string of the molecule is COc1ccc(-c2cnn3c(O)ccnc23)cc1. The first-order valence-electron chi connectivity index (χ1n) is 5.46. The molecule has 5 nitrogen and oxygen atoms in total. The Morgan fingerprint density at radius 1 is 1.17 bits per heavy atom. The molecule has 1 N–H and O–H groups in total. The van der Waals surface area contributed by atoms with Gasteiger partial charge in [-0.2, -0.15) is 9.61 Å². The van der Waals surface area contributed by atoms with Crippen molar-refractivity contribution in [2.75, 3.05) is 7.11 Å². The number of rotatable bonds is 2. The monoisotopic (exact) mass is 241 g/mol. The third-order valence-electron chi connectivity index (χ3n) is 2.78. The van der Waals surface area contributed by atoms with Crippen molar-refractivity contribution in [2.45, 2.75) is 0 Å². The maximum absolute atomic E-state index is 9.65. The molecule has 0 atom stereocenters. The van der Waals surface area contributed by atoms with Crippen LogP contribution in [-0.2, 0) is 0 Å². The lowest BCUT2D eigenvalue weighted by Gasteiger charge is -2.02. The second kappa shape index (κ2) is 4.03. The first kappa shape index (κ1) is 10.6.